The Balaban J connectivity index is 1.82. The van der Waals surface area contributed by atoms with Crippen molar-refractivity contribution in [2.45, 2.75) is 26.2 Å². The van der Waals surface area contributed by atoms with Crippen LogP contribution in [0.2, 0.25) is 0 Å². The Kier molecular flexibility index (Phi) is 10.8. The Labute approximate surface area is 199 Å². The number of halogens is 1. The van der Waals surface area contributed by atoms with E-state index in [-0.39, 0.29) is 24.2 Å². The molecule has 2 aromatic rings. The third-order valence-electron chi connectivity index (χ3n) is 4.54. The molecule has 0 fully saturated rings. The molecular weight excluding hydrogens is 439 g/mol. The van der Waals surface area contributed by atoms with Crippen LogP contribution in [0.3, 0.4) is 0 Å². The minimum absolute atomic E-state index is 0.0178. The summed E-state index contributed by atoms with van der Waals surface area (Å²) < 4.78 is 29.5. The first-order valence-corrected chi connectivity index (χ1v) is 10.6. The van der Waals surface area contributed by atoms with Crippen molar-refractivity contribution in [1.82, 2.24) is 5.32 Å². The summed E-state index contributed by atoms with van der Waals surface area (Å²) in [5, 5.41) is 5.74. The second kappa shape index (κ2) is 14.1. The van der Waals surface area contributed by atoms with Crippen molar-refractivity contribution in [3.8, 4) is 35.4 Å². The lowest BCUT2D eigenvalue weighted by Crippen LogP contribution is -2.13. The van der Waals surface area contributed by atoms with Crippen molar-refractivity contribution < 1.29 is 28.2 Å². The third kappa shape index (κ3) is 8.07. The van der Waals surface area contributed by atoms with Crippen LogP contribution in [0.25, 0.3) is 0 Å². The molecule has 0 unspecified atom stereocenters. The van der Waals surface area contributed by atoms with Gasteiger partial charge in [0.25, 0.3) is 0 Å². The average molecular weight is 467 g/mol. The van der Waals surface area contributed by atoms with Crippen LogP contribution < -0.4 is 20.1 Å². The van der Waals surface area contributed by atoms with Crippen molar-refractivity contribution in [3.05, 3.63) is 53.3 Å². The maximum absolute atomic E-state index is 13.6. The van der Waals surface area contributed by atoms with E-state index in [1.807, 2.05) is 0 Å². The van der Waals surface area contributed by atoms with E-state index in [2.05, 4.69) is 34.6 Å². The Morgan fingerprint density at radius 2 is 1.88 bits per heavy atom. The number of carbonyl (C=O) groups is 2. The fourth-order valence-electron chi connectivity index (χ4n) is 2.87. The molecule has 0 bridgehead atoms. The number of ketones is 1. The monoisotopic (exact) mass is 466 g/mol. The normalized spacial score (nSPS) is 9.53. The molecule has 178 valence electrons. The first-order valence-electron chi connectivity index (χ1n) is 10.6. The highest BCUT2D eigenvalue weighted by Crippen LogP contribution is 2.34. The van der Waals surface area contributed by atoms with Gasteiger partial charge in [-0.25, -0.2) is 9.18 Å². The minimum atomic E-state index is -0.533. The smallest absolute Gasteiger partial charge is 0.340 e. The Morgan fingerprint density at radius 1 is 1.09 bits per heavy atom. The van der Waals surface area contributed by atoms with Crippen molar-refractivity contribution >= 4 is 17.4 Å². The number of hydrogen-bond donors (Lipinski definition) is 2. The van der Waals surface area contributed by atoms with Gasteiger partial charge in [0.2, 0.25) is 0 Å². The molecule has 0 radical (unpaired) electrons. The van der Waals surface area contributed by atoms with Crippen LogP contribution in [0.4, 0.5) is 10.1 Å². The van der Waals surface area contributed by atoms with Gasteiger partial charge >= 0.3 is 5.97 Å². The first-order chi connectivity index (χ1) is 16.5. The van der Waals surface area contributed by atoms with Gasteiger partial charge in [-0.3, -0.25) is 4.79 Å². The number of esters is 1. The number of Topliss-reactive ketones (excluding diaryl/α,β-unsaturated/α-hetero) is 1. The number of methoxy groups -OCH3 is 2. The molecule has 0 aliphatic rings. The topological polar surface area (TPSA) is 85.9 Å². The molecule has 0 atom stereocenters. The molecule has 0 aliphatic heterocycles. The number of carbonyl (C=O) groups excluding carboxylic acids is 2. The molecular formula is C26H27FN2O5. The predicted octanol–water partition coefficient (Wildman–Crippen LogP) is 3.53. The van der Waals surface area contributed by atoms with Crippen molar-refractivity contribution in [1.29, 1.82) is 0 Å². The second-order valence-corrected chi connectivity index (χ2v) is 6.95. The van der Waals surface area contributed by atoms with Gasteiger partial charge in [0.15, 0.2) is 11.5 Å². The highest BCUT2D eigenvalue weighted by Gasteiger charge is 2.17. The summed E-state index contributed by atoms with van der Waals surface area (Å²) in [5.41, 5.74) is 1.09. The average Bonchev–Trinajstić information content (AvgIpc) is 2.85. The standard InChI is InChI=1S/C26H27FN2O5/c1-4-12-29-23-18-24(32-2)25(17-21(23)26(31)33-3)34-15-8-14-28-13-7-10-20(30)16-19-9-5-6-11-22(19)27/h5-6,9,11,17-18,28-29H,8,10,14-16H2,1-3H3. The molecule has 0 heterocycles. The lowest BCUT2D eigenvalue weighted by molar-refractivity contribution is -0.117. The summed E-state index contributed by atoms with van der Waals surface area (Å²) in [5.74, 6) is 5.19. The van der Waals surface area contributed by atoms with Crippen LogP contribution in [0, 0.1) is 29.7 Å². The summed E-state index contributed by atoms with van der Waals surface area (Å²) in [6, 6.07) is 14.8. The summed E-state index contributed by atoms with van der Waals surface area (Å²) in [7, 11) is 2.79. The van der Waals surface area contributed by atoms with E-state index in [1.165, 1.54) is 20.3 Å². The van der Waals surface area contributed by atoms with E-state index in [0.29, 0.717) is 42.3 Å². The number of nitrogens with one attached hydrogen (secondary N) is 2. The zero-order valence-corrected chi connectivity index (χ0v) is 19.4. The van der Waals surface area contributed by atoms with Crippen molar-refractivity contribution in [3.63, 3.8) is 0 Å². The van der Waals surface area contributed by atoms with Gasteiger partial charge < -0.3 is 24.8 Å². The molecule has 2 N–H and O–H groups in total. The molecule has 7 nitrogen and oxygen atoms in total. The van der Waals surface area contributed by atoms with Crippen molar-refractivity contribution in [2.75, 3.05) is 32.7 Å². The molecule has 0 aliphatic carbocycles. The zero-order chi connectivity index (χ0) is 24.8. The fourth-order valence-corrected chi connectivity index (χ4v) is 2.87. The first kappa shape index (κ1) is 26.1. The lowest BCUT2D eigenvalue weighted by Gasteiger charge is -2.14. The summed E-state index contributed by atoms with van der Waals surface area (Å²) in [6.07, 6.45) is 0.661. The Morgan fingerprint density at radius 3 is 2.59 bits per heavy atom. The van der Waals surface area contributed by atoms with E-state index in [9.17, 15) is 14.0 Å². The van der Waals surface area contributed by atoms with Gasteiger partial charge in [-0.1, -0.05) is 30.0 Å². The molecule has 2 aromatic carbocycles. The SMILES string of the molecule is CC#CNc1cc(OC)c(OCCCNC#CCC(=O)Cc2ccccc2F)cc1C(=O)OC. The van der Waals surface area contributed by atoms with Crippen LogP contribution >= 0.6 is 0 Å². The number of benzene rings is 2. The van der Waals surface area contributed by atoms with E-state index < -0.39 is 11.8 Å². The minimum Gasteiger partial charge on any atom is -0.493 e. The summed E-state index contributed by atoms with van der Waals surface area (Å²) in [6.45, 7) is 2.52. The molecule has 0 amide bonds. The number of ether oxygens (including phenoxy) is 3. The third-order valence-corrected chi connectivity index (χ3v) is 4.54. The number of anilines is 1. The fraction of sp³-hybridized carbons (Fsp3) is 0.308. The Hall–Kier alpha value is -4.17. The molecule has 34 heavy (non-hydrogen) atoms. The van der Waals surface area contributed by atoms with Crippen LogP contribution in [-0.2, 0) is 16.0 Å². The van der Waals surface area contributed by atoms with Gasteiger partial charge in [-0.05, 0) is 25.0 Å². The van der Waals surface area contributed by atoms with Gasteiger partial charge in [-0.15, -0.1) is 0 Å². The second-order valence-electron chi connectivity index (χ2n) is 6.95. The number of rotatable bonds is 11. The Bertz CT molecular complexity index is 1130. The van der Waals surface area contributed by atoms with Crippen LogP contribution in [0.15, 0.2) is 36.4 Å². The summed E-state index contributed by atoms with van der Waals surface area (Å²) in [4.78, 5) is 24.0. The lowest BCUT2D eigenvalue weighted by atomic mass is 10.1. The highest BCUT2D eigenvalue weighted by molar-refractivity contribution is 5.97. The van der Waals surface area contributed by atoms with Gasteiger partial charge in [0, 0.05) is 37.2 Å². The molecule has 0 spiro atoms. The molecule has 0 aromatic heterocycles. The van der Waals surface area contributed by atoms with E-state index in [0.717, 1.165) is 0 Å². The van der Waals surface area contributed by atoms with Crippen LogP contribution in [0.5, 0.6) is 11.5 Å². The van der Waals surface area contributed by atoms with E-state index in [1.54, 1.807) is 37.3 Å². The van der Waals surface area contributed by atoms with Crippen LogP contribution in [-0.4, -0.2) is 39.1 Å². The van der Waals surface area contributed by atoms with E-state index in [4.69, 9.17) is 14.2 Å². The number of hydrogen-bond acceptors (Lipinski definition) is 7. The largest absolute Gasteiger partial charge is 0.493 e. The quantitative estimate of drug-likeness (QED) is 0.227. The predicted molar refractivity (Wildman–Crippen MR) is 127 cm³/mol. The van der Waals surface area contributed by atoms with Gasteiger partial charge in [-0.2, -0.15) is 0 Å². The maximum Gasteiger partial charge on any atom is 0.340 e. The maximum atomic E-state index is 13.6. The van der Waals surface area contributed by atoms with Crippen molar-refractivity contribution in [2.24, 2.45) is 0 Å². The molecule has 0 saturated carbocycles. The summed E-state index contributed by atoms with van der Waals surface area (Å²) >= 11 is 0. The highest BCUT2D eigenvalue weighted by atomic mass is 19.1. The molecule has 2 rings (SSSR count). The zero-order valence-electron chi connectivity index (χ0n) is 19.4. The van der Waals surface area contributed by atoms with Crippen LogP contribution in [0.1, 0.15) is 35.7 Å². The molecule has 0 saturated heterocycles. The van der Waals surface area contributed by atoms with Gasteiger partial charge in [0.1, 0.15) is 11.6 Å². The van der Waals surface area contributed by atoms with Gasteiger partial charge in [0.05, 0.1) is 38.5 Å². The van der Waals surface area contributed by atoms with E-state index >= 15 is 0 Å². The molecule has 8 heteroatoms.